The Bertz CT molecular complexity index is 919. The standard InChI is InChI=1S/C18H20F3N3O4S/c19-18(20,21)13-2-1-3-15(12-13)29(27,28)24-10-8-23(9-11-24)17(26)7-6-16(25)22-14-4-5-14/h1-3,6-7,12,14H,4-5,8-11H2,(H,22,25)/b7-6+. The summed E-state index contributed by atoms with van der Waals surface area (Å²) in [4.78, 5) is 24.7. The van der Waals surface area contributed by atoms with E-state index in [4.69, 9.17) is 0 Å². The molecule has 1 saturated heterocycles. The van der Waals surface area contributed by atoms with E-state index in [9.17, 15) is 31.2 Å². The van der Waals surface area contributed by atoms with Crippen LogP contribution in [0.15, 0.2) is 41.3 Å². The minimum Gasteiger partial charge on any atom is -0.350 e. The molecule has 1 aromatic carbocycles. The summed E-state index contributed by atoms with van der Waals surface area (Å²) in [7, 11) is -4.11. The first-order chi connectivity index (χ1) is 13.6. The van der Waals surface area contributed by atoms with Gasteiger partial charge in [-0.3, -0.25) is 9.59 Å². The van der Waals surface area contributed by atoms with Crippen LogP contribution in [0.2, 0.25) is 0 Å². The second kappa shape index (κ2) is 8.15. The number of rotatable bonds is 5. The van der Waals surface area contributed by atoms with Gasteiger partial charge in [0.25, 0.3) is 0 Å². The van der Waals surface area contributed by atoms with Crippen molar-refractivity contribution in [1.82, 2.24) is 14.5 Å². The van der Waals surface area contributed by atoms with E-state index in [1.54, 1.807) is 0 Å². The summed E-state index contributed by atoms with van der Waals surface area (Å²) in [5.74, 6) is -0.779. The number of hydrogen-bond acceptors (Lipinski definition) is 4. The number of alkyl halides is 3. The van der Waals surface area contributed by atoms with Gasteiger partial charge in [0.15, 0.2) is 0 Å². The van der Waals surface area contributed by atoms with Crippen molar-refractivity contribution in [2.75, 3.05) is 26.2 Å². The van der Waals surface area contributed by atoms with E-state index >= 15 is 0 Å². The van der Waals surface area contributed by atoms with Gasteiger partial charge < -0.3 is 10.2 Å². The van der Waals surface area contributed by atoms with Crippen LogP contribution in [-0.2, 0) is 25.8 Å². The summed E-state index contributed by atoms with van der Waals surface area (Å²) in [6.45, 7) is 0.0517. The van der Waals surface area contributed by atoms with Crippen molar-refractivity contribution in [3.63, 3.8) is 0 Å². The molecule has 1 aromatic rings. The molecular formula is C18H20F3N3O4S. The third kappa shape index (κ3) is 5.36. The third-order valence-corrected chi connectivity index (χ3v) is 6.55. The number of benzene rings is 1. The van der Waals surface area contributed by atoms with Crippen LogP contribution in [0.3, 0.4) is 0 Å². The highest BCUT2D eigenvalue weighted by Crippen LogP contribution is 2.31. The molecule has 0 radical (unpaired) electrons. The lowest BCUT2D eigenvalue weighted by Gasteiger charge is -2.33. The Morgan fingerprint density at radius 2 is 1.72 bits per heavy atom. The quantitative estimate of drug-likeness (QED) is 0.714. The van der Waals surface area contributed by atoms with E-state index in [0.717, 1.165) is 47.5 Å². The van der Waals surface area contributed by atoms with Gasteiger partial charge in [0.2, 0.25) is 21.8 Å². The van der Waals surface area contributed by atoms with Gasteiger partial charge in [0.05, 0.1) is 10.5 Å². The van der Waals surface area contributed by atoms with E-state index in [2.05, 4.69) is 5.32 Å². The molecular weight excluding hydrogens is 411 g/mol. The molecule has 7 nitrogen and oxygen atoms in total. The van der Waals surface area contributed by atoms with Crippen molar-refractivity contribution >= 4 is 21.8 Å². The van der Waals surface area contributed by atoms with Crippen LogP contribution in [0.25, 0.3) is 0 Å². The van der Waals surface area contributed by atoms with Crippen molar-refractivity contribution < 1.29 is 31.2 Å². The molecule has 1 heterocycles. The smallest absolute Gasteiger partial charge is 0.350 e. The Morgan fingerprint density at radius 1 is 1.07 bits per heavy atom. The van der Waals surface area contributed by atoms with Crippen LogP contribution < -0.4 is 5.32 Å². The Labute approximate surface area is 166 Å². The summed E-state index contributed by atoms with van der Waals surface area (Å²) >= 11 is 0. The maximum atomic E-state index is 12.9. The van der Waals surface area contributed by atoms with Gasteiger partial charge in [-0.25, -0.2) is 8.42 Å². The van der Waals surface area contributed by atoms with Crippen LogP contribution in [0.1, 0.15) is 18.4 Å². The number of carbonyl (C=O) groups excluding carboxylic acids is 2. The van der Waals surface area contributed by atoms with Gasteiger partial charge >= 0.3 is 6.18 Å². The first-order valence-corrected chi connectivity index (χ1v) is 10.5. The zero-order chi connectivity index (χ0) is 21.2. The lowest BCUT2D eigenvalue weighted by molar-refractivity contribution is -0.137. The SMILES string of the molecule is O=C(/C=C/C(=O)N1CCN(S(=O)(=O)c2cccc(C(F)(F)F)c2)CC1)NC1CC1. The van der Waals surface area contributed by atoms with Gasteiger partial charge in [-0.05, 0) is 31.0 Å². The fourth-order valence-corrected chi connectivity index (χ4v) is 4.33. The first-order valence-electron chi connectivity index (χ1n) is 9.02. The second-order valence-electron chi connectivity index (χ2n) is 6.87. The normalized spacial score (nSPS) is 18.8. The summed E-state index contributed by atoms with van der Waals surface area (Å²) in [6.07, 6.45) is -0.512. The number of halogens is 3. The van der Waals surface area contributed by atoms with Gasteiger partial charge in [-0.2, -0.15) is 17.5 Å². The first kappa shape index (κ1) is 21.3. The molecule has 29 heavy (non-hydrogen) atoms. The van der Waals surface area contributed by atoms with Crippen LogP contribution in [0, 0.1) is 0 Å². The largest absolute Gasteiger partial charge is 0.416 e. The number of carbonyl (C=O) groups is 2. The van der Waals surface area contributed by atoms with E-state index < -0.39 is 32.6 Å². The van der Waals surface area contributed by atoms with E-state index in [1.165, 1.54) is 4.90 Å². The topological polar surface area (TPSA) is 86.8 Å². The lowest BCUT2D eigenvalue weighted by atomic mass is 10.2. The fourth-order valence-electron chi connectivity index (χ4n) is 2.86. The molecule has 0 spiro atoms. The van der Waals surface area contributed by atoms with Gasteiger partial charge in [-0.1, -0.05) is 6.07 Å². The zero-order valence-corrected chi connectivity index (χ0v) is 16.2. The maximum absolute atomic E-state index is 12.9. The number of hydrogen-bond donors (Lipinski definition) is 1. The van der Waals surface area contributed by atoms with Crippen LogP contribution in [0.5, 0.6) is 0 Å². The van der Waals surface area contributed by atoms with Crippen molar-refractivity contribution in [3.8, 4) is 0 Å². The number of amides is 2. The van der Waals surface area contributed by atoms with Crippen molar-refractivity contribution in [2.24, 2.45) is 0 Å². The summed E-state index contributed by atoms with van der Waals surface area (Å²) in [5, 5.41) is 2.71. The highest BCUT2D eigenvalue weighted by Gasteiger charge is 2.34. The minimum absolute atomic E-state index is 0.0492. The molecule has 0 bridgehead atoms. The molecule has 11 heteroatoms. The monoisotopic (exact) mass is 431 g/mol. The third-order valence-electron chi connectivity index (χ3n) is 4.65. The molecule has 0 unspecified atom stereocenters. The number of nitrogens with one attached hydrogen (secondary N) is 1. The highest BCUT2D eigenvalue weighted by molar-refractivity contribution is 7.89. The molecule has 2 aliphatic rings. The van der Waals surface area contributed by atoms with Crippen molar-refractivity contribution in [1.29, 1.82) is 0 Å². The zero-order valence-electron chi connectivity index (χ0n) is 15.4. The Hall–Kier alpha value is -2.40. The molecule has 3 rings (SSSR count). The lowest BCUT2D eigenvalue weighted by Crippen LogP contribution is -2.50. The van der Waals surface area contributed by atoms with Crippen LogP contribution in [-0.4, -0.2) is 61.7 Å². The van der Waals surface area contributed by atoms with Gasteiger partial charge in [-0.15, -0.1) is 0 Å². The molecule has 2 amide bonds. The number of nitrogens with zero attached hydrogens (tertiary/aromatic N) is 2. The van der Waals surface area contributed by atoms with Gasteiger partial charge in [0.1, 0.15) is 0 Å². The second-order valence-corrected chi connectivity index (χ2v) is 8.81. The minimum atomic E-state index is -4.64. The Kier molecular flexibility index (Phi) is 5.99. The molecule has 0 atom stereocenters. The Morgan fingerprint density at radius 3 is 2.31 bits per heavy atom. The van der Waals surface area contributed by atoms with Gasteiger partial charge in [0, 0.05) is 44.4 Å². The summed E-state index contributed by atoms with van der Waals surface area (Å²) in [5.41, 5.74) is -1.04. The Balaban J connectivity index is 1.60. The average Bonchev–Trinajstić information content (AvgIpc) is 3.49. The molecule has 0 aromatic heterocycles. The predicted molar refractivity (Wildman–Crippen MR) is 97.1 cm³/mol. The fraction of sp³-hybridized carbons (Fsp3) is 0.444. The van der Waals surface area contributed by atoms with E-state index in [1.807, 2.05) is 0 Å². The van der Waals surface area contributed by atoms with E-state index in [-0.39, 0.29) is 38.1 Å². The molecule has 1 saturated carbocycles. The molecule has 1 aliphatic carbocycles. The molecule has 1 N–H and O–H groups in total. The highest BCUT2D eigenvalue weighted by atomic mass is 32.2. The maximum Gasteiger partial charge on any atom is 0.416 e. The van der Waals surface area contributed by atoms with E-state index in [0.29, 0.717) is 6.07 Å². The summed E-state index contributed by atoms with van der Waals surface area (Å²) in [6, 6.07) is 3.75. The van der Waals surface area contributed by atoms with Crippen molar-refractivity contribution in [2.45, 2.75) is 30.0 Å². The molecule has 158 valence electrons. The van der Waals surface area contributed by atoms with Crippen LogP contribution >= 0.6 is 0 Å². The molecule has 1 aliphatic heterocycles. The molecule has 2 fully saturated rings. The average molecular weight is 431 g/mol. The number of piperazine rings is 1. The van der Waals surface area contributed by atoms with Crippen molar-refractivity contribution in [3.05, 3.63) is 42.0 Å². The summed E-state index contributed by atoms with van der Waals surface area (Å²) < 4.78 is 64.9. The predicted octanol–water partition coefficient (Wildman–Crippen LogP) is 1.37. The number of sulfonamides is 1. The van der Waals surface area contributed by atoms with Crippen LogP contribution in [0.4, 0.5) is 13.2 Å².